The minimum Gasteiger partial charge on any atom is -0.264 e. The average Bonchev–Trinajstić information content (AvgIpc) is 2.74. The molecule has 0 amide bonds. The third-order valence-corrected chi connectivity index (χ3v) is 7.97. The summed E-state index contributed by atoms with van der Waals surface area (Å²) in [5, 5.41) is 0. The van der Waals surface area contributed by atoms with Gasteiger partial charge in [-0.2, -0.15) is 0 Å². The van der Waals surface area contributed by atoms with Crippen molar-refractivity contribution in [1.82, 2.24) is 9.71 Å². The summed E-state index contributed by atoms with van der Waals surface area (Å²) in [6.07, 6.45) is 3.81. The second kappa shape index (κ2) is 9.07. The Bertz CT molecular complexity index is 1210. The van der Waals surface area contributed by atoms with Crippen molar-refractivity contribution in [3.8, 4) is 0 Å². The van der Waals surface area contributed by atoms with Crippen molar-refractivity contribution in [3.05, 3.63) is 84.2 Å². The highest BCUT2D eigenvalue weighted by atomic mass is 32.2. The molecule has 158 valence electrons. The lowest BCUT2D eigenvalue weighted by atomic mass is 10.0. The minimum absolute atomic E-state index is 0.0132. The number of pyridine rings is 1. The van der Waals surface area contributed by atoms with E-state index in [1.54, 1.807) is 42.7 Å². The minimum atomic E-state index is -3.91. The topological polar surface area (TPSA) is 93.2 Å². The Labute approximate surface area is 178 Å². The lowest BCUT2D eigenvalue weighted by Crippen LogP contribution is -2.27. The molecular weight excluding hydrogens is 420 g/mol. The van der Waals surface area contributed by atoms with E-state index in [0.29, 0.717) is 12.0 Å². The van der Waals surface area contributed by atoms with Gasteiger partial charge in [-0.15, -0.1) is 0 Å². The Kier molecular flexibility index (Phi) is 6.70. The van der Waals surface area contributed by atoms with Gasteiger partial charge < -0.3 is 0 Å². The van der Waals surface area contributed by atoms with Gasteiger partial charge in [0.1, 0.15) is 0 Å². The molecule has 0 aliphatic rings. The molecule has 6 nitrogen and oxygen atoms in total. The molecule has 0 spiro atoms. The Hall–Kier alpha value is -2.55. The Morgan fingerprint density at radius 3 is 2.27 bits per heavy atom. The van der Waals surface area contributed by atoms with Crippen LogP contribution >= 0.6 is 0 Å². The number of sulfonamides is 1. The molecule has 0 radical (unpaired) electrons. The maximum Gasteiger partial charge on any atom is 0.240 e. The van der Waals surface area contributed by atoms with Gasteiger partial charge in [0.2, 0.25) is 19.9 Å². The average molecular weight is 445 g/mol. The molecule has 1 heterocycles. The van der Waals surface area contributed by atoms with Crippen molar-refractivity contribution in [1.29, 1.82) is 0 Å². The Morgan fingerprint density at radius 2 is 1.63 bits per heavy atom. The molecule has 0 saturated carbocycles. The molecule has 1 N–H and O–H groups in total. The second-order valence-electron chi connectivity index (χ2n) is 7.18. The highest BCUT2D eigenvalue weighted by Gasteiger charge is 2.25. The molecule has 1 aromatic heterocycles. The van der Waals surface area contributed by atoms with Crippen molar-refractivity contribution in [2.24, 2.45) is 0 Å². The fraction of sp³-hybridized carbons (Fsp3) is 0.227. The summed E-state index contributed by atoms with van der Waals surface area (Å²) in [7, 11) is -7.73. The van der Waals surface area contributed by atoms with Gasteiger partial charge in [0.25, 0.3) is 0 Å². The van der Waals surface area contributed by atoms with Gasteiger partial charge in [-0.1, -0.05) is 44.2 Å². The summed E-state index contributed by atoms with van der Waals surface area (Å²) in [5.74, 6) is -0.0941. The maximum absolute atomic E-state index is 13.0. The number of hydrogen-bond donors (Lipinski definition) is 1. The quantitative estimate of drug-likeness (QED) is 0.573. The zero-order chi connectivity index (χ0) is 21.8. The van der Waals surface area contributed by atoms with Gasteiger partial charge in [-0.3, -0.25) is 4.98 Å². The van der Waals surface area contributed by atoms with E-state index < -0.39 is 19.9 Å². The fourth-order valence-corrected chi connectivity index (χ4v) is 5.89. The number of rotatable bonds is 8. The summed E-state index contributed by atoms with van der Waals surface area (Å²) >= 11 is 0. The maximum atomic E-state index is 13.0. The number of nitrogens with one attached hydrogen (secondary N) is 1. The number of aromatic nitrogens is 1. The second-order valence-corrected chi connectivity index (χ2v) is 10.9. The van der Waals surface area contributed by atoms with E-state index in [2.05, 4.69) is 9.71 Å². The first-order valence-corrected chi connectivity index (χ1v) is 12.5. The monoisotopic (exact) mass is 444 g/mol. The summed E-state index contributed by atoms with van der Waals surface area (Å²) in [4.78, 5) is 4.08. The van der Waals surface area contributed by atoms with Crippen LogP contribution in [0.3, 0.4) is 0 Å². The third kappa shape index (κ3) is 4.95. The van der Waals surface area contributed by atoms with Gasteiger partial charge in [0.15, 0.2) is 0 Å². The van der Waals surface area contributed by atoms with Crippen molar-refractivity contribution < 1.29 is 16.8 Å². The standard InChI is InChI=1S/C22H24N2O4S2/c1-17(2)21-11-10-20(29(25,26)19-8-4-3-5-9-19)15-22(21)30(27,28)24-14-12-18-7-6-13-23-16-18/h3-11,13,15-17,24H,12,14H2,1-2H3. The van der Waals surface area contributed by atoms with Crippen molar-refractivity contribution >= 4 is 19.9 Å². The van der Waals surface area contributed by atoms with E-state index in [0.717, 1.165) is 5.56 Å². The van der Waals surface area contributed by atoms with E-state index in [-0.39, 0.29) is 27.1 Å². The van der Waals surface area contributed by atoms with Crippen LogP contribution in [0.4, 0.5) is 0 Å². The smallest absolute Gasteiger partial charge is 0.240 e. The third-order valence-electron chi connectivity index (χ3n) is 4.69. The number of sulfone groups is 1. The number of benzene rings is 2. The van der Waals surface area contributed by atoms with Crippen LogP contribution in [-0.4, -0.2) is 28.4 Å². The zero-order valence-electron chi connectivity index (χ0n) is 16.8. The molecule has 0 fully saturated rings. The summed E-state index contributed by atoms with van der Waals surface area (Å²) < 4.78 is 54.6. The van der Waals surface area contributed by atoms with E-state index in [9.17, 15) is 16.8 Å². The molecule has 2 aromatic carbocycles. The molecule has 8 heteroatoms. The molecule has 0 atom stereocenters. The SMILES string of the molecule is CC(C)c1ccc(S(=O)(=O)c2ccccc2)cc1S(=O)(=O)NCCc1cccnc1. The van der Waals surface area contributed by atoms with E-state index in [1.165, 1.54) is 24.3 Å². The predicted octanol–water partition coefficient (Wildman–Crippen LogP) is 3.56. The first kappa shape index (κ1) is 22.1. The van der Waals surface area contributed by atoms with Crippen LogP contribution in [0.2, 0.25) is 0 Å². The first-order valence-electron chi connectivity index (χ1n) is 9.54. The fourth-order valence-electron chi connectivity index (χ4n) is 3.08. The predicted molar refractivity (Wildman–Crippen MR) is 116 cm³/mol. The van der Waals surface area contributed by atoms with Gasteiger partial charge in [-0.05, 0) is 53.8 Å². The Morgan fingerprint density at radius 1 is 0.900 bits per heavy atom. The zero-order valence-corrected chi connectivity index (χ0v) is 18.4. The van der Waals surface area contributed by atoms with Crippen LogP contribution in [-0.2, 0) is 26.3 Å². The molecule has 0 bridgehead atoms. The van der Waals surface area contributed by atoms with Gasteiger partial charge in [0.05, 0.1) is 14.7 Å². The molecule has 0 saturated heterocycles. The van der Waals surface area contributed by atoms with Gasteiger partial charge in [0, 0.05) is 18.9 Å². The summed E-state index contributed by atoms with van der Waals surface area (Å²) in [6.45, 7) is 3.92. The first-order chi connectivity index (χ1) is 14.2. The van der Waals surface area contributed by atoms with E-state index in [4.69, 9.17) is 0 Å². The molecule has 0 unspecified atom stereocenters. The molecular formula is C22H24N2O4S2. The van der Waals surface area contributed by atoms with E-state index >= 15 is 0 Å². The Balaban J connectivity index is 1.94. The summed E-state index contributed by atoms with van der Waals surface area (Å²) in [5.41, 5.74) is 1.47. The molecule has 30 heavy (non-hydrogen) atoms. The molecule has 0 aliphatic heterocycles. The van der Waals surface area contributed by atoms with Crippen LogP contribution in [0.1, 0.15) is 30.9 Å². The highest BCUT2D eigenvalue weighted by molar-refractivity contribution is 7.91. The number of nitrogens with zero attached hydrogens (tertiary/aromatic N) is 1. The molecule has 3 aromatic rings. The molecule has 0 aliphatic carbocycles. The van der Waals surface area contributed by atoms with Gasteiger partial charge in [-0.25, -0.2) is 21.6 Å². The van der Waals surface area contributed by atoms with Crippen molar-refractivity contribution in [3.63, 3.8) is 0 Å². The molecule has 3 rings (SSSR count). The van der Waals surface area contributed by atoms with E-state index in [1.807, 2.05) is 19.9 Å². The van der Waals surface area contributed by atoms with Crippen LogP contribution in [0.15, 0.2) is 87.7 Å². The van der Waals surface area contributed by atoms with Crippen molar-refractivity contribution in [2.45, 2.75) is 40.9 Å². The van der Waals surface area contributed by atoms with Gasteiger partial charge >= 0.3 is 0 Å². The van der Waals surface area contributed by atoms with Crippen molar-refractivity contribution in [2.75, 3.05) is 6.54 Å². The highest BCUT2D eigenvalue weighted by Crippen LogP contribution is 2.29. The lowest BCUT2D eigenvalue weighted by Gasteiger charge is -2.16. The van der Waals surface area contributed by atoms with Crippen LogP contribution in [0.5, 0.6) is 0 Å². The van der Waals surface area contributed by atoms with Crippen LogP contribution < -0.4 is 4.72 Å². The number of hydrogen-bond acceptors (Lipinski definition) is 5. The summed E-state index contributed by atoms with van der Waals surface area (Å²) in [6, 6.07) is 15.9. The largest absolute Gasteiger partial charge is 0.264 e. The normalized spacial score (nSPS) is 12.2. The van der Waals surface area contributed by atoms with Crippen LogP contribution in [0, 0.1) is 0 Å². The lowest BCUT2D eigenvalue weighted by molar-refractivity contribution is 0.578. The van der Waals surface area contributed by atoms with Crippen LogP contribution in [0.25, 0.3) is 0 Å².